The maximum Gasteiger partial charge on any atom is 0.419 e. The van der Waals surface area contributed by atoms with Crippen LogP contribution in [0.5, 0.6) is 5.75 Å². The quantitative estimate of drug-likeness (QED) is 0.893. The molecule has 136 valence electrons. The summed E-state index contributed by atoms with van der Waals surface area (Å²) in [5.74, 6) is -0.541. The summed E-state index contributed by atoms with van der Waals surface area (Å²) in [6.07, 6.45) is -4.53. The average molecular weight is 355 g/mol. The van der Waals surface area contributed by atoms with E-state index in [-0.39, 0.29) is 23.8 Å². The molecule has 0 fully saturated rings. The summed E-state index contributed by atoms with van der Waals surface area (Å²) in [7, 11) is 2.82. The SMILES string of the molecule is COc1c(CNC(=O)c2cc(C(C)C)nn2C)cccc1C(F)(F)F. The molecule has 0 aliphatic carbocycles. The predicted molar refractivity (Wildman–Crippen MR) is 86.5 cm³/mol. The van der Waals surface area contributed by atoms with Crippen molar-refractivity contribution in [3.8, 4) is 5.75 Å². The number of nitrogens with one attached hydrogen (secondary N) is 1. The first-order valence-electron chi connectivity index (χ1n) is 7.70. The lowest BCUT2D eigenvalue weighted by Crippen LogP contribution is -2.25. The topological polar surface area (TPSA) is 56.1 Å². The molecule has 0 saturated heterocycles. The Bertz CT molecular complexity index is 767. The van der Waals surface area contributed by atoms with E-state index in [4.69, 9.17) is 4.74 Å². The van der Waals surface area contributed by atoms with Crippen LogP contribution in [0, 0.1) is 0 Å². The lowest BCUT2D eigenvalue weighted by Gasteiger charge is -2.16. The zero-order valence-corrected chi connectivity index (χ0v) is 14.4. The second kappa shape index (κ2) is 7.16. The molecule has 0 radical (unpaired) electrons. The van der Waals surface area contributed by atoms with Crippen LogP contribution in [0.1, 0.15) is 47.1 Å². The number of para-hydroxylation sites is 1. The molecule has 0 unspecified atom stereocenters. The minimum Gasteiger partial charge on any atom is -0.496 e. The number of carbonyl (C=O) groups excluding carboxylic acids is 1. The van der Waals surface area contributed by atoms with Gasteiger partial charge >= 0.3 is 6.18 Å². The molecule has 2 aromatic rings. The smallest absolute Gasteiger partial charge is 0.419 e. The van der Waals surface area contributed by atoms with Crippen molar-refractivity contribution >= 4 is 5.91 Å². The molecule has 25 heavy (non-hydrogen) atoms. The predicted octanol–water partition coefficient (Wildman–Crippen LogP) is 3.50. The third kappa shape index (κ3) is 4.12. The van der Waals surface area contributed by atoms with Crippen molar-refractivity contribution in [3.63, 3.8) is 0 Å². The van der Waals surface area contributed by atoms with Crippen molar-refractivity contribution in [2.75, 3.05) is 7.11 Å². The molecule has 8 heteroatoms. The molecule has 1 heterocycles. The molecule has 2 rings (SSSR count). The lowest BCUT2D eigenvalue weighted by atomic mass is 10.1. The Balaban J connectivity index is 2.20. The number of amides is 1. The van der Waals surface area contributed by atoms with Crippen molar-refractivity contribution in [2.45, 2.75) is 32.5 Å². The Labute approximate surface area is 143 Å². The number of carbonyl (C=O) groups is 1. The second-order valence-electron chi connectivity index (χ2n) is 5.91. The maximum atomic E-state index is 13.0. The van der Waals surface area contributed by atoms with Gasteiger partial charge in [-0.15, -0.1) is 0 Å². The number of benzene rings is 1. The first-order valence-corrected chi connectivity index (χ1v) is 7.70. The van der Waals surface area contributed by atoms with Crippen molar-refractivity contribution in [3.05, 3.63) is 46.8 Å². The van der Waals surface area contributed by atoms with Crippen LogP contribution in [-0.2, 0) is 19.8 Å². The van der Waals surface area contributed by atoms with Gasteiger partial charge in [0.25, 0.3) is 5.91 Å². The summed E-state index contributed by atoms with van der Waals surface area (Å²) >= 11 is 0. The average Bonchev–Trinajstić information content (AvgIpc) is 2.93. The van der Waals surface area contributed by atoms with E-state index in [0.29, 0.717) is 5.69 Å². The van der Waals surface area contributed by atoms with E-state index in [9.17, 15) is 18.0 Å². The number of rotatable bonds is 5. The highest BCUT2D eigenvalue weighted by Gasteiger charge is 2.35. The highest BCUT2D eigenvalue weighted by molar-refractivity contribution is 5.92. The van der Waals surface area contributed by atoms with Crippen LogP contribution in [0.15, 0.2) is 24.3 Å². The van der Waals surface area contributed by atoms with Gasteiger partial charge in [0, 0.05) is 19.2 Å². The van der Waals surface area contributed by atoms with E-state index in [1.807, 2.05) is 13.8 Å². The number of alkyl halides is 3. The van der Waals surface area contributed by atoms with Gasteiger partial charge in [0.2, 0.25) is 0 Å². The van der Waals surface area contributed by atoms with E-state index >= 15 is 0 Å². The van der Waals surface area contributed by atoms with Crippen molar-refractivity contribution < 1.29 is 22.7 Å². The Morgan fingerprint density at radius 2 is 2.04 bits per heavy atom. The van der Waals surface area contributed by atoms with E-state index in [1.165, 1.54) is 23.9 Å². The first kappa shape index (κ1) is 18.8. The van der Waals surface area contributed by atoms with Crippen molar-refractivity contribution in [2.24, 2.45) is 7.05 Å². The van der Waals surface area contributed by atoms with E-state index in [1.54, 1.807) is 13.1 Å². The Morgan fingerprint density at radius 3 is 2.56 bits per heavy atom. The van der Waals surface area contributed by atoms with Crippen LogP contribution in [0.2, 0.25) is 0 Å². The van der Waals surface area contributed by atoms with E-state index < -0.39 is 17.6 Å². The third-order valence-corrected chi connectivity index (χ3v) is 3.77. The number of methoxy groups -OCH3 is 1. The second-order valence-corrected chi connectivity index (χ2v) is 5.91. The van der Waals surface area contributed by atoms with Crippen LogP contribution in [0.3, 0.4) is 0 Å². The fourth-order valence-electron chi connectivity index (χ4n) is 2.44. The van der Waals surface area contributed by atoms with Gasteiger partial charge in [-0.3, -0.25) is 9.48 Å². The highest BCUT2D eigenvalue weighted by atomic mass is 19.4. The molecule has 5 nitrogen and oxygen atoms in total. The van der Waals surface area contributed by atoms with Gasteiger partial charge in [0.05, 0.1) is 18.4 Å². The van der Waals surface area contributed by atoms with Gasteiger partial charge in [-0.25, -0.2) is 0 Å². The Hall–Kier alpha value is -2.51. The molecular formula is C17H20F3N3O2. The summed E-state index contributed by atoms with van der Waals surface area (Å²) < 4.78 is 45.5. The van der Waals surface area contributed by atoms with Gasteiger partial charge < -0.3 is 10.1 Å². The van der Waals surface area contributed by atoms with Gasteiger partial charge in [0.15, 0.2) is 0 Å². The van der Waals surface area contributed by atoms with Crippen LogP contribution >= 0.6 is 0 Å². The summed E-state index contributed by atoms with van der Waals surface area (Å²) in [5, 5.41) is 6.86. The number of nitrogens with zero attached hydrogens (tertiary/aromatic N) is 2. The summed E-state index contributed by atoms with van der Waals surface area (Å²) in [4.78, 5) is 12.3. The number of hydrogen-bond donors (Lipinski definition) is 1. The first-order chi connectivity index (χ1) is 11.6. The molecule has 0 spiro atoms. The number of hydrogen-bond acceptors (Lipinski definition) is 3. The number of ether oxygens (including phenoxy) is 1. The molecule has 1 amide bonds. The normalized spacial score (nSPS) is 11.7. The Kier molecular flexibility index (Phi) is 5.39. The molecule has 1 aromatic carbocycles. The van der Waals surface area contributed by atoms with Crippen molar-refractivity contribution in [1.82, 2.24) is 15.1 Å². The molecule has 1 aromatic heterocycles. The van der Waals surface area contributed by atoms with Gasteiger partial charge in [0.1, 0.15) is 11.4 Å². The fraction of sp³-hybridized carbons (Fsp3) is 0.412. The molecule has 0 aliphatic heterocycles. The van der Waals surface area contributed by atoms with E-state index in [0.717, 1.165) is 11.8 Å². The summed E-state index contributed by atoms with van der Waals surface area (Å²) in [6.45, 7) is 3.82. The Morgan fingerprint density at radius 1 is 1.36 bits per heavy atom. The van der Waals surface area contributed by atoms with Crippen molar-refractivity contribution in [1.29, 1.82) is 0 Å². The lowest BCUT2D eigenvalue weighted by molar-refractivity contribution is -0.138. The van der Waals surface area contributed by atoms with E-state index in [2.05, 4.69) is 10.4 Å². The zero-order chi connectivity index (χ0) is 18.8. The van der Waals surface area contributed by atoms with Crippen LogP contribution in [-0.4, -0.2) is 22.8 Å². The van der Waals surface area contributed by atoms with Gasteiger partial charge in [-0.05, 0) is 18.1 Å². The minimum absolute atomic E-state index is 0.0892. The summed E-state index contributed by atoms with van der Waals surface area (Å²) in [6, 6.07) is 5.38. The largest absolute Gasteiger partial charge is 0.496 e. The van der Waals surface area contributed by atoms with Crippen LogP contribution in [0.4, 0.5) is 13.2 Å². The molecule has 1 N–H and O–H groups in total. The molecule has 0 saturated carbocycles. The standard InChI is InChI=1S/C17H20F3N3O2/c1-10(2)13-8-14(23(3)22-13)16(24)21-9-11-6-5-7-12(15(11)25-4)17(18,19)20/h5-8,10H,9H2,1-4H3,(H,21,24). The molecule has 0 aliphatic rings. The third-order valence-electron chi connectivity index (χ3n) is 3.77. The molecular weight excluding hydrogens is 335 g/mol. The molecule has 0 bridgehead atoms. The number of aromatic nitrogens is 2. The number of halogens is 3. The number of aryl methyl sites for hydroxylation is 1. The van der Waals surface area contributed by atoms with Gasteiger partial charge in [-0.2, -0.15) is 18.3 Å². The summed E-state index contributed by atoms with van der Waals surface area (Å²) in [5.41, 5.74) is 0.486. The fourth-order valence-corrected chi connectivity index (χ4v) is 2.44. The zero-order valence-electron chi connectivity index (χ0n) is 14.4. The molecule has 0 atom stereocenters. The van der Waals surface area contributed by atoms with Gasteiger partial charge in [-0.1, -0.05) is 26.0 Å². The maximum absolute atomic E-state index is 13.0. The monoisotopic (exact) mass is 355 g/mol. The minimum atomic E-state index is -4.53. The van der Waals surface area contributed by atoms with Crippen LogP contribution < -0.4 is 10.1 Å². The highest BCUT2D eigenvalue weighted by Crippen LogP contribution is 2.38. The van der Waals surface area contributed by atoms with Crippen LogP contribution in [0.25, 0.3) is 0 Å².